The maximum absolute atomic E-state index is 11.7. The van der Waals surface area contributed by atoms with E-state index in [0.717, 1.165) is 17.3 Å². The van der Waals surface area contributed by atoms with Gasteiger partial charge in [0.25, 0.3) is 0 Å². The van der Waals surface area contributed by atoms with Crippen LogP contribution in [0.3, 0.4) is 0 Å². The van der Waals surface area contributed by atoms with Gasteiger partial charge in [0.2, 0.25) is 0 Å². The fourth-order valence-electron chi connectivity index (χ4n) is 3.42. The Morgan fingerprint density at radius 2 is 1.88 bits per heavy atom. The maximum atomic E-state index is 11.7. The van der Waals surface area contributed by atoms with Crippen LogP contribution in [-0.2, 0) is 4.79 Å². The highest BCUT2D eigenvalue weighted by Crippen LogP contribution is 2.48. The number of fused-ring (bicyclic) bond motifs is 3. The van der Waals surface area contributed by atoms with Gasteiger partial charge in [0.1, 0.15) is 5.78 Å². The van der Waals surface area contributed by atoms with Crippen LogP contribution in [0.1, 0.15) is 30.7 Å². The highest BCUT2D eigenvalue weighted by molar-refractivity contribution is 9.10. The van der Waals surface area contributed by atoms with Crippen molar-refractivity contribution in [1.82, 2.24) is 0 Å². The standard InChI is InChI=1S/C14H15BrO2/c15-10-4-1-8(2-5-10)13-9-3-6-11(14(13)17)12(16)7-9/h1-2,4-5,9,11,13-14,17H,3,6-7H2/t9-,11+,13-,14-/m0/s1. The molecular formula is C14H15BrO2. The van der Waals surface area contributed by atoms with Gasteiger partial charge in [-0.2, -0.15) is 0 Å². The molecule has 3 saturated carbocycles. The predicted molar refractivity (Wildman–Crippen MR) is 68.7 cm³/mol. The molecule has 0 heterocycles. The Morgan fingerprint density at radius 3 is 2.47 bits per heavy atom. The summed E-state index contributed by atoms with van der Waals surface area (Å²) in [7, 11) is 0. The second-order valence-corrected chi connectivity index (χ2v) is 6.10. The molecule has 0 amide bonds. The lowest BCUT2D eigenvalue weighted by Crippen LogP contribution is -2.47. The molecule has 1 N–H and O–H groups in total. The quantitative estimate of drug-likeness (QED) is 0.865. The van der Waals surface area contributed by atoms with E-state index in [4.69, 9.17) is 0 Å². The van der Waals surface area contributed by atoms with Crippen LogP contribution in [0, 0.1) is 11.8 Å². The zero-order valence-electron chi connectivity index (χ0n) is 9.47. The van der Waals surface area contributed by atoms with Gasteiger partial charge >= 0.3 is 0 Å². The average Bonchev–Trinajstić information content (AvgIpc) is 2.31. The van der Waals surface area contributed by atoms with Crippen LogP contribution in [0.5, 0.6) is 0 Å². The van der Waals surface area contributed by atoms with Crippen LogP contribution in [0.4, 0.5) is 0 Å². The van der Waals surface area contributed by atoms with E-state index >= 15 is 0 Å². The molecule has 3 fully saturated rings. The summed E-state index contributed by atoms with van der Waals surface area (Å²) in [6, 6.07) is 8.13. The molecule has 2 bridgehead atoms. The van der Waals surface area contributed by atoms with E-state index in [2.05, 4.69) is 28.1 Å². The van der Waals surface area contributed by atoms with E-state index in [-0.39, 0.29) is 17.6 Å². The SMILES string of the molecule is O=C1C[C@@H]2CC[C@H]1[C@H](O)[C@H]2c1ccc(Br)cc1. The molecule has 4 rings (SSSR count). The van der Waals surface area contributed by atoms with Crippen LogP contribution >= 0.6 is 15.9 Å². The van der Waals surface area contributed by atoms with Crippen molar-refractivity contribution in [3.63, 3.8) is 0 Å². The van der Waals surface area contributed by atoms with Crippen molar-refractivity contribution < 1.29 is 9.90 Å². The molecule has 0 saturated heterocycles. The monoisotopic (exact) mass is 294 g/mol. The zero-order valence-corrected chi connectivity index (χ0v) is 11.1. The average molecular weight is 295 g/mol. The minimum atomic E-state index is -0.476. The van der Waals surface area contributed by atoms with Gasteiger partial charge in [-0.25, -0.2) is 0 Å². The predicted octanol–water partition coefficient (Wildman–Crippen LogP) is 2.89. The number of Topliss-reactive ketones (excluding diaryl/α,β-unsaturated/α-hetero) is 1. The minimum Gasteiger partial charge on any atom is -0.392 e. The van der Waals surface area contributed by atoms with Gasteiger partial charge in [0.05, 0.1) is 6.10 Å². The Kier molecular flexibility index (Phi) is 2.83. The van der Waals surface area contributed by atoms with Crippen molar-refractivity contribution in [2.45, 2.75) is 31.3 Å². The van der Waals surface area contributed by atoms with E-state index in [9.17, 15) is 9.90 Å². The molecule has 3 aliphatic carbocycles. The minimum absolute atomic E-state index is 0.117. The summed E-state index contributed by atoms with van der Waals surface area (Å²) in [5.41, 5.74) is 1.17. The lowest BCUT2D eigenvalue weighted by molar-refractivity contribution is -0.138. The van der Waals surface area contributed by atoms with Gasteiger partial charge in [0, 0.05) is 22.7 Å². The van der Waals surface area contributed by atoms with Crippen molar-refractivity contribution in [3.05, 3.63) is 34.3 Å². The number of carbonyl (C=O) groups is 1. The normalized spacial score (nSPS) is 36.2. The van der Waals surface area contributed by atoms with Crippen molar-refractivity contribution in [1.29, 1.82) is 0 Å². The summed E-state index contributed by atoms with van der Waals surface area (Å²) < 4.78 is 1.05. The third-order valence-corrected chi connectivity index (χ3v) is 4.80. The Labute approximate surface area is 109 Å². The highest BCUT2D eigenvalue weighted by Gasteiger charge is 2.47. The van der Waals surface area contributed by atoms with Crippen molar-refractivity contribution >= 4 is 21.7 Å². The number of carbonyl (C=O) groups excluding carboxylic acids is 1. The van der Waals surface area contributed by atoms with Crippen molar-refractivity contribution in [3.8, 4) is 0 Å². The van der Waals surface area contributed by atoms with E-state index in [1.807, 2.05) is 12.1 Å². The van der Waals surface area contributed by atoms with E-state index in [1.165, 1.54) is 5.56 Å². The molecule has 90 valence electrons. The van der Waals surface area contributed by atoms with Gasteiger partial charge in [-0.05, 0) is 36.5 Å². The largest absolute Gasteiger partial charge is 0.392 e. The van der Waals surface area contributed by atoms with E-state index < -0.39 is 6.10 Å². The van der Waals surface area contributed by atoms with Gasteiger partial charge in [-0.15, -0.1) is 0 Å². The van der Waals surface area contributed by atoms with E-state index in [0.29, 0.717) is 12.3 Å². The molecule has 3 heteroatoms. The lowest BCUT2D eigenvalue weighted by atomic mass is 9.60. The number of rotatable bonds is 1. The first-order chi connectivity index (χ1) is 8.16. The molecule has 0 spiro atoms. The third kappa shape index (κ3) is 1.85. The van der Waals surface area contributed by atoms with Crippen LogP contribution in [-0.4, -0.2) is 17.0 Å². The number of aliphatic hydroxyl groups is 1. The zero-order chi connectivity index (χ0) is 12.0. The summed E-state index contributed by atoms with van der Waals surface area (Å²) in [5.74, 6) is 0.638. The fourth-order valence-corrected chi connectivity index (χ4v) is 3.68. The van der Waals surface area contributed by atoms with Gasteiger partial charge in [-0.1, -0.05) is 28.1 Å². The number of halogens is 1. The van der Waals surface area contributed by atoms with Gasteiger partial charge in [0.15, 0.2) is 0 Å². The molecule has 2 nitrogen and oxygen atoms in total. The lowest BCUT2D eigenvalue weighted by Gasteiger charge is -2.45. The Balaban J connectivity index is 1.93. The maximum Gasteiger partial charge on any atom is 0.138 e. The first kappa shape index (κ1) is 11.4. The molecule has 0 radical (unpaired) electrons. The number of benzene rings is 1. The van der Waals surface area contributed by atoms with Crippen molar-refractivity contribution in [2.75, 3.05) is 0 Å². The molecule has 1 aromatic carbocycles. The summed E-state index contributed by atoms with van der Waals surface area (Å²) in [6.07, 6.45) is 2.13. The van der Waals surface area contributed by atoms with Crippen LogP contribution in [0.25, 0.3) is 0 Å². The molecule has 1 aromatic rings. The molecule has 17 heavy (non-hydrogen) atoms. The second kappa shape index (κ2) is 4.21. The first-order valence-electron chi connectivity index (χ1n) is 6.13. The highest BCUT2D eigenvalue weighted by atomic mass is 79.9. The third-order valence-electron chi connectivity index (χ3n) is 4.27. The molecule has 0 aromatic heterocycles. The fraction of sp³-hybridized carbons (Fsp3) is 0.500. The number of hydrogen-bond acceptors (Lipinski definition) is 2. The van der Waals surface area contributed by atoms with Crippen LogP contribution in [0.2, 0.25) is 0 Å². The Morgan fingerprint density at radius 1 is 1.18 bits per heavy atom. The van der Waals surface area contributed by atoms with Gasteiger partial charge in [-0.3, -0.25) is 4.79 Å². The molecular weight excluding hydrogens is 280 g/mol. The Bertz CT molecular complexity index is 438. The number of aliphatic hydroxyl groups excluding tert-OH is 1. The Hall–Kier alpha value is -0.670. The topological polar surface area (TPSA) is 37.3 Å². The summed E-state index contributed by atoms with van der Waals surface area (Å²) in [5, 5.41) is 10.3. The van der Waals surface area contributed by atoms with E-state index in [1.54, 1.807) is 0 Å². The molecule has 3 aliphatic rings. The van der Waals surface area contributed by atoms with Gasteiger partial charge < -0.3 is 5.11 Å². The number of ketones is 1. The van der Waals surface area contributed by atoms with Crippen molar-refractivity contribution in [2.24, 2.45) is 11.8 Å². The smallest absolute Gasteiger partial charge is 0.138 e. The summed E-state index contributed by atoms with van der Waals surface area (Å²) in [4.78, 5) is 11.7. The molecule has 0 unspecified atom stereocenters. The van der Waals surface area contributed by atoms with Crippen LogP contribution in [0.15, 0.2) is 28.7 Å². The molecule has 4 atom stereocenters. The summed E-state index contributed by atoms with van der Waals surface area (Å²) in [6.45, 7) is 0. The molecule has 0 aliphatic heterocycles. The first-order valence-corrected chi connectivity index (χ1v) is 6.92. The summed E-state index contributed by atoms with van der Waals surface area (Å²) >= 11 is 3.42. The second-order valence-electron chi connectivity index (χ2n) is 5.18. The number of hydrogen-bond donors (Lipinski definition) is 1. The van der Waals surface area contributed by atoms with Crippen LogP contribution < -0.4 is 0 Å².